The normalized spacial score (nSPS) is 22.7. The standard InChI is InChI=1S/C29H42N6O4/c1-28(2,3)39-27(38)35-12-10-29(4,11-13-35)19-33-14-16-34(17-15-33)20-6-7-21-23(18-20)32(5)31-25(21)22-8-9-24(36)30-26(22)37/h6-7,18,22H,8-17,19H2,1-5H3,(H,30,36,37). The van der Waals surface area contributed by atoms with Crippen molar-refractivity contribution in [3.05, 3.63) is 23.9 Å². The summed E-state index contributed by atoms with van der Waals surface area (Å²) in [5.74, 6) is -0.855. The van der Waals surface area contributed by atoms with Gasteiger partial charge in [0.25, 0.3) is 0 Å². The lowest BCUT2D eigenvalue weighted by Crippen LogP contribution is -2.52. The Bertz CT molecular complexity index is 1250. The molecule has 1 aromatic carbocycles. The monoisotopic (exact) mass is 538 g/mol. The molecule has 10 nitrogen and oxygen atoms in total. The second-order valence-electron chi connectivity index (χ2n) is 12.8. The van der Waals surface area contributed by atoms with Crippen molar-refractivity contribution >= 4 is 34.5 Å². The number of aryl methyl sites for hydroxylation is 1. The number of aromatic nitrogens is 2. The van der Waals surface area contributed by atoms with Crippen molar-refractivity contribution in [1.82, 2.24) is 24.9 Å². The van der Waals surface area contributed by atoms with Crippen LogP contribution in [0.15, 0.2) is 18.2 Å². The summed E-state index contributed by atoms with van der Waals surface area (Å²) >= 11 is 0. The molecule has 39 heavy (non-hydrogen) atoms. The molecule has 3 aliphatic heterocycles. The lowest BCUT2D eigenvalue weighted by molar-refractivity contribution is -0.134. The van der Waals surface area contributed by atoms with E-state index in [-0.39, 0.29) is 23.3 Å². The number of hydrogen-bond donors (Lipinski definition) is 1. The first-order valence-corrected chi connectivity index (χ1v) is 14.2. The second kappa shape index (κ2) is 10.4. The molecule has 0 radical (unpaired) electrons. The molecule has 3 amide bonds. The van der Waals surface area contributed by atoms with E-state index in [1.165, 1.54) is 0 Å². The van der Waals surface area contributed by atoms with Crippen LogP contribution < -0.4 is 10.2 Å². The maximum Gasteiger partial charge on any atom is 0.410 e. The number of hydrogen-bond acceptors (Lipinski definition) is 7. The van der Waals surface area contributed by atoms with Crippen molar-refractivity contribution in [3.63, 3.8) is 0 Å². The summed E-state index contributed by atoms with van der Waals surface area (Å²) in [6, 6.07) is 6.37. The van der Waals surface area contributed by atoms with E-state index >= 15 is 0 Å². The van der Waals surface area contributed by atoms with Crippen LogP contribution in [0.4, 0.5) is 10.5 Å². The Morgan fingerprint density at radius 2 is 1.79 bits per heavy atom. The first-order chi connectivity index (χ1) is 18.4. The Morgan fingerprint density at radius 3 is 2.44 bits per heavy atom. The van der Waals surface area contributed by atoms with Gasteiger partial charge >= 0.3 is 6.09 Å². The second-order valence-corrected chi connectivity index (χ2v) is 12.8. The molecule has 3 aliphatic rings. The minimum Gasteiger partial charge on any atom is -0.444 e. The van der Waals surface area contributed by atoms with E-state index < -0.39 is 11.5 Å². The lowest BCUT2D eigenvalue weighted by Gasteiger charge is -2.44. The van der Waals surface area contributed by atoms with E-state index in [1.807, 2.05) is 37.4 Å². The van der Waals surface area contributed by atoms with Crippen LogP contribution in [-0.2, 0) is 21.4 Å². The minimum atomic E-state index is -0.464. The molecule has 0 bridgehead atoms. The SMILES string of the molecule is Cn1nc(C2CCC(=O)NC2=O)c2ccc(N3CCN(CC4(C)CCN(C(=O)OC(C)(C)C)CC4)CC3)cc21. The summed E-state index contributed by atoms with van der Waals surface area (Å²) < 4.78 is 7.41. The fourth-order valence-electron chi connectivity index (χ4n) is 6.10. The Kier molecular flexibility index (Phi) is 7.35. The molecule has 1 atom stereocenters. The van der Waals surface area contributed by atoms with Crippen LogP contribution in [0.2, 0.25) is 0 Å². The molecular formula is C29H42N6O4. The zero-order chi connectivity index (χ0) is 27.9. The van der Waals surface area contributed by atoms with Crippen molar-refractivity contribution in [2.24, 2.45) is 12.5 Å². The van der Waals surface area contributed by atoms with Crippen LogP contribution >= 0.6 is 0 Å². The van der Waals surface area contributed by atoms with Crippen LogP contribution in [0, 0.1) is 5.41 Å². The molecule has 1 unspecified atom stereocenters. The average molecular weight is 539 g/mol. The van der Waals surface area contributed by atoms with Crippen molar-refractivity contribution in [3.8, 4) is 0 Å². The highest BCUT2D eigenvalue weighted by atomic mass is 16.6. The molecule has 4 heterocycles. The van der Waals surface area contributed by atoms with Gasteiger partial charge in [0, 0.05) is 70.4 Å². The number of piperidine rings is 2. The molecule has 0 spiro atoms. The lowest BCUT2D eigenvalue weighted by atomic mass is 9.80. The number of anilines is 1. The summed E-state index contributed by atoms with van der Waals surface area (Å²) in [7, 11) is 1.91. The highest BCUT2D eigenvalue weighted by molar-refractivity contribution is 6.02. The van der Waals surface area contributed by atoms with Gasteiger partial charge in [0.05, 0.1) is 17.1 Å². The predicted molar refractivity (Wildman–Crippen MR) is 150 cm³/mol. The molecule has 3 saturated heterocycles. The van der Waals surface area contributed by atoms with Gasteiger partial charge in [0.1, 0.15) is 5.60 Å². The number of piperazine rings is 1. The third kappa shape index (κ3) is 6.05. The van der Waals surface area contributed by atoms with E-state index in [9.17, 15) is 14.4 Å². The summed E-state index contributed by atoms with van der Waals surface area (Å²) in [4.78, 5) is 43.3. The minimum absolute atomic E-state index is 0.195. The van der Waals surface area contributed by atoms with Crippen LogP contribution in [0.3, 0.4) is 0 Å². The average Bonchev–Trinajstić information content (AvgIpc) is 3.19. The van der Waals surface area contributed by atoms with Gasteiger partial charge in [-0.05, 0) is 63.6 Å². The largest absolute Gasteiger partial charge is 0.444 e. The number of carbonyl (C=O) groups is 3. The fraction of sp³-hybridized carbons (Fsp3) is 0.655. The van der Waals surface area contributed by atoms with Crippen molar-refractivity contribution in [1.29, 1.82) is 0 Å². The summed E-state index contributed by atoms with van der Waals surface area (Å²) in [5, 5.41) is 8.10. The molecule has 212 valence electrons. The van der Waals surface area contributed by atoms with Gasteiger partial charge in [-0.15, -0.1) is 0 Å². The van der Waals surface area contributed by atoms with E-state index in [0.29, 0.717) is 12.8 Å². The zero-order valence-corrected chi connectivity index (χ0v) is 24.0. The number of nitrogens with zero attached hydrogens (tertiary/aromatic N) is 5. The molecule has 1 N–H and O–H groups in total. The number of carbonyl (C=O) groups excluding carboxylic acids is 3. The van der Waals surface area contributed by atoms with E-state index in [2.05, 4.69) is 45.3 Å². The van der Waals surface area contributed by atoms with Crippen LogP contribution in [-0.4, -0.2) is 88.9 Å². The first-order valence-electron chi connectivity index (χ1n) is 14.2. The van der Waals surface area contributed by atoms with Crippen LogP contribution in [0.5, 0.6) is 0 Å². The molecule has 5 rings (SSSR count). The molecule has 0 saturated carbocycles. The van der Waals surface area contributed by atoms with Gasteiger partial charge < -0.3 is 14.5 Å². The smallest absolute Gasteiger partial charge is 0.410 e. The third-order valence-electron chi connectivity index (χ3n) is 8.40. The summed E-state index contributed by atoms with van der Waals surface area (Å²) in [6.45, 7) is 14.5. The van der Waals surface area contributed by atoms with E-state index in [0.717, 1.165) is 80.9 Å². The Morgan fingerprint density at radius 1 is 1.10 bits per heavy atom. The summed E-state index contributed by atoms with van der Waals surface area (Å²) in [5.41, 5.74) is 2.64. The highest BCUT2D eigenvalue weighted by Gasteiger charge is 2.36. The van der Waals surface area contributed by atoms with Crippen molar-refractivity contribution in [2.45, 2.75) is 64.9 Å². The van der Waals surface area contributed by atoms with E-state index in [1.54, 1.807) is 0 Å². The van der Waals surface area contributed by atoms with Gasteiger partial charge in [0.15, 0.2) is 0 Å². The number of nitrogens with one attached hydrogen (secondary N) is 1. The molecule has 0 aliphatic carbocycles. The Labute approximate surface area is 230 Å². The Balaban J connectivity index is 1.17. The molecule has 10 heteroatoms. The molecule has 2 aromatic rings. The molecule has 1 aromatic heterocycles. The number of imide groups is 1. The maximum atomic E-state index is 12.4. The van der Waals surface area contributed by atoms with Gasteiger partial charge in [0.2, 0.25) is 11.8 Å². The number of rotatable bonds is 4. The number of amides is 3. The summed E-state index contributed by atoms with van der Waals surface area (Å²) in [6.07, 6.45) is 2.61. The third-order valence-corrected chi connectivity index (χ3v) is 8.40. The number of fused-ring (bicyclic) bond motifs is 1. The van der Waals surface area contributed by atoms with Gasteiger partial charge in [-0.3, -0.25) is 24.5 Å². The fourth-order valence-corrected chi connectivity index (χ4v) is 6.10. The maximum absolute atomic E-state index is 12.4. The number of ether oxygens (including phenoxy) is 1. The van der Waals surface area contributed by atoms with Crippen molar-refractivity contribution < 1.29 is 19.1 Å². The van der Waals surface area contributed by atoms with Gasteiger partial charge in [-0.25, -0.2) is 4.79 Å². The molecular weight excluding hydrogens is 496 g/mol. The number of benzene rings is 1. The quantitative estimate of drug-likeness (QED) is 0.597. The number of likely N-dealkylation sites (tertiary alicyclic amines) is 1. The topological polar surface area (TPSA) is 100 Å². The predicted octanol–water partition coefficient (Wildman–Crippen LogP) is 3.25. The van der Waals surface area contributed by atoms with Crippen LogP contribution in [0.25, 0.3) is 10.9 Å². The Hall–Kier alpha value is -3.14. The van der Waals surface area contributed by atoms with E-state index in [4.69, 9.17) is 4.74 Å². The van der Waals surface area contributed by atoms with Gasteiger partial charge in [-0.2, -0.15) is 5.10 Å². The van der Waals surface area contributed by atoms with Gasteiger partial charge in [-0.1, -0.05) is 6.92 Å². The van der Waals surface area contributed by atoms with Crippen LogP contribution in [0.1, 0.15) is 65.0 Å². The zero-order valence-electron chi connectivity index (χ0n) is 24.0. The first kappa shape index (κ1) is 27.4. The van der Waals surface area contributed by atoms with Crippen molar-refractivity contribution in [2.75, 3.05) is 50.7 Å². The molecule has 3 fully saturated rings. The highest BCUT2D eigenvalue weighted by Crippen LogP contribution is 2.34.